The number of nitrogens with one attached hydrogen (secondary N) is 1. The van der Waals surface area contributed by atoms with Gasteiger partial charge in [0, 0.05) is 11.3 Å². The lowest BCUT2D eigenvalue weighted by molar-refractivity contribution is -0.150. The summed E-state index contributed by atoms with van der Waals surface area (Å²) in [4.78, 5) is 53.3. The summed E-state index contributed by atoms with van der Waals surface area (Å²) in [7, 11) is 1.25. The highest BCUT2D eigenvalue weighted by atomic mass is 32.2. The summed E-state index contributed by atoms with van der Waals surface area (Å²) >= 11 is 1.21. The summed E-state index contributed by atoms with van der Waals surface area (Å²) in [5, 5.41) is 15.0. The van der Waals surface area contributed by atoms with Gasteiger partial charge in [-0.1, -0.05) is 5.16 Å². The lowest BCUT2D eigenvalue weighted by atomic mass is 10.0. The van der Waals surface area contributed by atoms with Crippen LogP contribution in [0.4, 0.5) is 4.79 Å². The quantitative estimate of drug-likeness (QED) is 0.295. The molecule has 4 N–H and O–H groups in total. The molecule has 0 radical (unpaired) electrons. The fraction of sp³-hybridized carbons (Fsp3) is 0.312. The van der Waals surface area contributed by atoms with E-state index in [9.17, 15) is 24.3 Å². The molecule has 2 aliphatic rings. The maximum Gasteiger partial charge on any atom is 0.404 e. The average molecular weight is 424 g/mol. The van der Waals surface area contributed by atoms with Gasteiger partial charge in [-0.05, 0) is 12.1 Å². The summed E-state index contributed by atoms with van der Waals surface area (Å²) in [6.45, 7) is -0.347. The van der Waals surface area contributed by atoms with E-state index < -0.39 is 35.3 Å². The number of β-lactam (4-membered cyclic amide) rings is 1. The van der Waals surface area contributed by atoms with E-state index in [1.165, 1.54) is 31.2 Å². The normalized spacial score (nSPS) is 21.2. The molecule has 3 amide bonds. The predicted molar refractivity (Wildman–Crippen MR) is 97.5 cm³/mol. The first-order valence-corrected chi connectivity index (χ1v) is 9.18. The Morgan fingerprint density at radius 3 is 2.83 bits per heavy atom. The second-order valence-electron chi connectivity index (χ2n) is 5.83. The number of oxime groups is 1. The number of primary amides is 1. The summed E-state index contributed by atoms with van der Waals surface area (Å²) in [6.07, 6.45) is 0.290. The van der Waals surface area contributed by atoms with E-state index in [4.69, 9.17) is 10.2 Å². The molecule has 1 saturated heterocycles. The highest BCUT2D eigenvalue weighted by Crippen LogP contribution is 2.40. The van der Waals surface area contributed by atoms with Gasteiger partial charge in [0.25, 0.3) is 11.8 Å². The van der Waals surface area contributed by atoms with Gasteiger partial charge in [-0.25, -0.2) is 9.59 Å². The largest absolute Gasteiger partial charge is 0.477 e. The molecule has 0 bridgehead atoms. The Kier molecular flexibility index (Phi) is 5.77. The van der Waals surface area contributed by atoms with Crippen molar-refractivity contribution in [1.82, 2.24) is 10.2 Å². The third-order valence-electron chi connectivity index (χ3n) is 4.08. The Balaban J connectivity index is 1.77. The number of hydrogen-bond donors (Lipinski definition) is 3. The van der Waals surface area contributed by atoms with Gasteiger partial charge in [-0.2, -0.15) is 0 Å². The fourth-order valence-electron chi connectivity index (χ4n) is 2.87. The first-order valence-electron chi connectivity index (χ1n) is 8.13. The minimum atomic E-state index is -1.35. The number of aliphatic carboxylic acids is 1. The van der Waals surface area contributed by atoms with E-state index in [1.807, 2.05) is 0 Å². The molecule has 0 aromatic carbocycles. The Hall–Kier alpha value is -3.48. The van der Waals surface area contributed by atoms with Gasteiger partial charge < -0.3 is 30.1 Å². The van der Waals surface area contributed by atoms with Crippen molar-refractivity contribution in [2.45, 2.75) is 11.4 Å². The van der Waals surface area contributed by atoms with Crippen molar-refractivity contribution >= 4 is 41.4 Å². The molecule has 3 heterocycles. The molecule has 0 aliphatic carbocycles. The third kappa shape index (κ3) is 3.89. The molecular weight excluding hydrogens is 408 g/mol. The van der Waals surface area contributed by atoms with E-state index in [0.717, 1.165) is 4.90 Å². The van der Waals surface area contributed by atoms with Gasteiger partial charge in [0.2, 0.25) is 5.71 Å². The molecule has 1 aromatic heterocycles. The molecule has 0 saturated carbocycles. The number of carbonyl (C=O) groups excluding carboxylic acids is 3. The van der Waals surface area contributed by atoms with E-state index in [-0.39, 0.29) is 35.1 Å². The van der Waals surface area contributed by atoms with Crippen molar-refractivity contribution in [1.29, 1.82) is 0 Å². The van der Waals surface area contributed by atoms with Crippen molar-refractivity contribution in [2.24, 2.45) is 10.9 Å². The molecular formula is C16H16N4O8S. The summed E-state index contributed by atoms with van der Waals surface area (Å²) < 4.78 is 9.79. The molecule has 0 spiro atoms. The first kappa shape index (κ1) is 20.3. The zero-order chi connectivity index (χ0) is 21.1. The van der Waals surface area contributed by atoms with Crippen molar-refractivity contribution in [3.8, 4) is 0 Å². The van der Waals surface area contributed by atoms with Crippen molar-refractivity contribution in [2.75, 3.05) is 19.5 Å². The lowest BCUT2D eigenvalue weighted by Crippen LogP contribution is -2.71. The van der Waals surface area contributed by atoms with Crippen molar-refractivity contribution in [3.05, 3.63) is 35.4 Å². The van der Waals surface area contributed by atoms with Gasteiger partial charge >= 0.3 is 12.1 Å². The van der Waals surface area contributed by atoms with Crippen molar-refractivity contribution < 1.29 is 38.3 Å². The molecule has 2 atom stereocenters. The molecule has 2 aliphatic heterocycles. The third-order valence-corrected chi connectivity index (χ3v) is 5.42. The second-order valence-corrected chi connectivity index (χ2v) is 6.93. The van der Waals surface area contributed by atoms with Crippen LogP contribution in [0.2, 0.25) is 0 Å². The standard InChI is InChI=1S/C16H16N4O8S/c1-26-19-9(8-3-2-4-27-8)12(21)18-10-13(22)20-11(15(23)24)7(5-28-16(17)25)6-29-14(10)20/h2-4,10,14H,5-6H2,1H3,(H2,17,25)(H,18,21)(H,23,24)/t10-,14+/m0/s1. The molecule has 1 aromatic rings. The van der Waals surface area contributed by atoms with Crippen LogP contribution in [0.5, 0.6) is 0 Å². The molecule has 154 valence electrons. The Morgan fingerprint density at radius 1 is 1.48 bits per heavy atom. The fourth-order valence-corrected chi connectivity index (χ4v) is 4.19. The number of furan rings is 1. The predicted octanol–water partition coefficient (Wildman–Crippen LogP) is -0.536. The molecule has 29 heavy (non-hydrogen) atoms. The molecule has 0 unspecified atom stereocenters. The minimum Gasteiger partial charge on any atom is -0.477 e. The second kappa shape index (κ2) is 8.26. The highest BCUT2D eigenvalue weighted by Gasteiger charge is 2.54. The molecule has 13 heteroatoms. The van der Waals surface area contributed by atoms with Crippen LogP contribution < -0.4 is 11.1 Å². The van der Waals surface area contributed by atoms with E-state index >= 15 is 0 Å². The maximum absolute atomic E-state index is 12.6. The van der Waals surface area contributed by atoms with Crippen molar-refractivity contribution in [3.63, 3.8) is 0 Å². The smallest absolute Gasteiger partial charge is 0.404 e. The molecule has 1 fully saturated rings. The number of carboxylic acid groups (broad SMARTS) is 1. The van der Waals surface area contributed by atoms with Crippen LogP contribution in [0.1, 0.15) is 5.76 Å². The molecule has 12 nitrogen and oxygen atoms in total. The zero-order valence-corrected chi connectivity index (χ0v) is 15.8. The number of ether oxygens (including phenoxy) is 1. The van der Waals surface area contributed by atoms with E-state index in [1.54, 1.807) is 6.07 Å². The summed E-state index contributed by atoms with van der Waals surface area (Å²) in [5.74, 6) is -2.38. The SMILES string of the molecule is CON=C(C(=O)N[C@H]1C(=O)N2C(C(=O)O)=C(COC(N)=O)CS[C@H]12)c1ccco1. The van der Waals surface area contributed by atoms with Crippen LogP contribution in [0, 0.1) is 0 Å². The van der Waals surface area contributed by atoms with Gasteiger partial charge in [0.1, 0.15) is 30.8 Å². The first-order chi connectivity index (χ1) is 13.8. The van der Waals surface area contributed by atoms with Crippen LogP contribution >= 0.6 is 11.8 Å². The van der Waals surface area contributed by atoms with Crippen LogP contribution in [-0.2, 0) is 24.0 Å². The summed E-state index contributed by atoms with van der Waals surface area (Å²) in [5.41, 5.74) is 4.68. The minimum absolute atomic E-state index is 0.140. The lowest BCUT2D eigenvalue weighted by Gasteiger charge is -2.49. The highest BCUT2D eigenvalue weighted by molar-refractivity contribution is 8.00. The van der Waals surface area contributed by atoms with Gasteiger partial charge in [-0.3, -0.25) is 14.5 Å². The number of rotatable bonds is 7. The van der Waals surface area contributed by atoms with E-state index in [0.29, 0.717) is 0 Å². The van der Waals surface area contributed by atoms with Crippen LogP contribution in [-0.4, -0.2) is 70.5 Å². The van der Waals surface area contributed by atoms with Gasteiger partial charge in [0.15, 0.2) is 5.76 Å². The molecule has 3 rings (SSSR count). The number of hydrogen-bond acceptors (Lipinski definition) is 9. The van der Waals surface area contributed by atoms with Crippen LogP contribution in [0.15, 0.2) is 39.2 Å². The number of nitrogens with two attached hydrogens (primary N) is 1. The van der Waals surface area contributed by atoms with E-state index in [2.05, 4.69) is 20.0 Å². The average Bonchev–Trinajstić information content (AvgIpc) is 3.21. The number of carbonyl (C=O) groups is 4. The van der Waals surface area contributed by atoms with Gasteiger partial charge in [0.05, 0.1) is 6.26 Å². The number of amides is 3. The Morgan fingerprint density at radius 2 is 2.24 bits per heavy atom. The Labute approximate surface area is 167 Å². The van der Waals surface area contributed by atoms with Crippen LogP contribution in [0.3, 0.4) is 0 Å². The number of fused-ring (bicyclic) bond motifs is 1. The van der Waals surface area contributed by atoms with Gasteiger partial charge in [-0.15, -0.1) is 11.8 Å². The topological polar surface area (TPSA) is 174 Å². The number of thioether (sulfide) groups is 1. The number of nitrogens with zero attached hydrogens (tertiary/aromatic N) is 2. The summed E-state index contributed by atoms with van der Waals surface area (Å²) in [6, 6.07) is 2.08. The zero-order valence-electron chi connectivity index (χ0n) is 15.0. The number of carboxylic acids is 1. The Bertz CT molecular complexity index is 910. The maximum atomic E-state index is 12.6. The van der Waals surface area contributed by atoms with Crippen LogP contribution in [0.25, 0.3) is 0 Å². The monoisotopic (exact) mass is 424 g/mol.